The van der Waals surface area contributed by atoms with Crippen LogP contribution >= 0.6 is 0 Å². The Labute approximate surface area is 220 Å². The standard InChI is InChI=1S/C28H31N3O7/c1-18-24(27(32)37-3)26(21-10-7-11-22(16-21)31(35)36)25(19(2)30(18)34)28(33)38-23-12-14-29(15-13-23)17-20-8-5-4-6-9-20/h4-11,16,23,26,34H,12-15,17H2,1-3H3. The number of hydrogen-bond donors (Lipinski definition) is 1. The Balaban J connectivity index is 1.59. The third kappa shape index (κ3) is 5.61. The van der Waals surface area contributed by atoms with Crippen LogP contribution < -0.4 is 0 Å². The lowest BCUT2D eigenvalue weighted by molar-refractivity contribution is -0.384. The molecule has 2 aromatic rings. The van der Waals surface area contributed by atoms with Gasteiger partial charge >= 0.3 is 11.9 Å². The van der Waals surface area contributed by atoms with E-state index in [9.17, 15) is 24.9 Å². The number of esters is 2. The summed E-state index contributed by atoms with van der Waals surface area (Å²) in [5.74, 6) is -2.46. The van der Waals surface area contributed by atoms with Crippen molar-refractivity contribution < 1.29 is 29.2 Å². The summed E-state index contributed by atoms with van der Waals surface area (Å²) in [4.78, 5) is 39.7. The number of nitro benzene ring substituents is 1. The molecule has 1 unspecified atom stereocenters. The molecule has 200 valence electrons. The highest BCUT2D eigenvalue weighted by molar-refractivity contribution is 5.99. The fourth-order valence-electron chi connectivity index (χ4n) is 5.08. The molecule has 10 nitrogen and oxygen atoms in total. The van der Waals surface area contributed by atoms with E-state index in [1.807, 2.05) is 18.2 Å². The maximum Gasteiger partial charge on any atom is 0.337 e. The molecule has 1 atom stereocenters. The van der Waals surface area contributed by atoms with E-state index in [1.54, 1.807) is 13.0 Å². The number of ether oxygens (including phenoxy) is 2. The molecule has 2 heterocycles. The third-order valence-corrected chi connectivity index (χ3v) is 7.09. The first-order chi connectivity index (χ1) is 18.2. The van der Waals surface area contributed by atoms with Crippen molar-refractivity contribution in [3.8, 4) is 0 Å². The molecule has 1 N–H and O–H groups in total. The molecule has 0 aliphatic carbocycles. The first kappa shape index (κ1) is 27.0. The first-order valence-corrected chi connectivity index (χ1v) is 12.4. The molecule has 1 saturated heterocycles. The topological polar surface area (TPSA) is 122 Å². The first-order valence-electron chi connectivity index (χ1n) is 12.4. The lowest BCUT2D eigenvalue weighted by Gasteiger charge is -2.35. The highest BCUT2D eigenvalue weighted by Gasteiger charge is 2.41. The predicted octanol–water partition coefficient (Wildman–Crippen LogP) is 4.31. The van der Waals surface area contributed by atoms with Gasteiger partial charge < -0.3 is 9.47 Å². The number of benzene rings is 2. The van der Waals surface area contributed by atoms with Crippen LogP contribution in [-0.2, 0) is 25.6 Å². The predicted molar refractivity (Wildman–Crippen MR) is 138 cm³/mol. The zero-order valence-electron chi connectivity index (χ0n) is 21.6. The van der Waals surface area contributed by atoms with Crippen LogP contribution in [0.25, 0.3) is 0 Å². The largest absolute Gasteiger partial charge is 0.466 e. The molecular weight excluding hydrogens is 490 g/mol. The number of nitrogens with zero attached hydrogens (tertiary/aromatic N) is 3. The summed E-state index contributed by atoms with van der Waals surface area (Å²) in [6, 6.07) is 15.9. The van der Waals surface area contributed by atoms with E-state index in [0.29, 0.717) is 18.4 Å². The van der Waals surface area contributed by atoms with Crippen molar-refractivity contribution in [1.29, 1.82) is 0 Å². The van der Waals surface area contributed by atoms with Crippen LogP contribution in [0.2, 0.25) is 0 Å². The van der Waals surface area contributed by atoms with Crippen molar-refractivity contribution in [2.45, 2.75) is 45.3 Å². The molecule has 2 aromatic carbocycles. The molecule has 0 amide bonds. The highest BCUT2D eigenvalue weighted by atomic mass is 16.6. The molecule has 2 aliphatic heterocycles. The molecule has 4 rings (SSSR count). The summed E-state index contributed by atoms with van der Waals surface area (Å²) in [5.41, 5.74) is 1.75. The molecule has 0 saturated carbocycles. The summed E-state index contributed by atoms with van der Waals surface area (Å²) in [6.45, 7) is 5.37. The molecule has 38 heavy (non-hydrogen) atoms. The minimum absolute atomic E-state index is 0.00530. The van der Waals surface area contributed by atoms with Crippen LogP contribution in [-0.4, -0.2) is 58.3 Å². The second-order valence-corrected chi connectivity index (χ2v) is 9.45. The zero-order chi connectivity index (χ0) is 27.4. The number of non-ortho nitro benzene ring substituents is 1. The van der Waals surface area contributed by atoms with Gasteiger partial charge in [0, 0.05) is 31.8 Å². The van der Waals surface area contributed by atoms with Crippen LogP contribution in [0.3, 0.4) is 0 Å². The van der Waals surface area contributed by atoms with E-state index in [-0.39, 0.29) is 34.3 Å². The van der Waals surface area contributed by atoms with Gasteiger partial charge in [-0.1, -0.05) is 42.5 Å². The maximum atomic E-state index is 13.6. The maximum absolute atomic E-state index is 13.6. The quantitative estimate of drug-likeness (QED) is 0.322. The second-order valence-electron chi connectivity index (χ2n) is 9.45. The summed E-state index contributed by atoms with van der Waals surface area (Å²) >= 11 is 0. The molecule has 0 spiro atoms. The Morgan fingerprint density at radius 3 is 2.24 bits per heavy atom. The number of rotatable bonds is 7. The lowest BCUT2D eigenvalue weighted by atomic mass is 9.80. The number of allylic oxidation sites excluding steroid dienone is 2. The van der Waals surface area contributed by atoms with Gasteiger partial charge in [0.25, 0.3) is 5.69 Å². The Kier molecular flexibility index (Phi) is 8.23. The van der Waals surface area contributed by atoms with Gasteiger partial charge in [-0.25, -0.2) is 14.7 Å². The van der Waals surface area contributed by atoms with Crippen molar-refractivity contribution in [1.82, 2.24) is 9.96 Å². The van der Waals surface area contributed by atoms with Crippen LogP contribution in [0.5, 0.6) is 0 Å². The van der Waals surface area contributed by atoms with Crippen molar-refractivity contribution in [2.24, 2.45) is 0 Å². The van der Waals surface area contributed by atoms with Crippen LogP contribution in [0.15, 0.2) is 77.1 Å². The van der Waals surface area contributed by atoms with Gasteiger partial charge in [0.15, 0.2) is 0 Å². The van der Waals surface area contributed by atoms with E-state index in [4.69, 9.17) is 9.47 Å². The van der Waals surface area contributed by atoms with Crippen molar-refractivity contribution in [2.75, 3.05) is 20.2 Å². The smallest absolute Gasteiger partial charge is 0.337 e. The molecule has 10 heteroatoms. The van der Waals surface area contributed by atoms with Gasteiger partial charge in [0.1, 0.15) is 6.10 Å². The van der Waals surface area contributed by atoms with Crippen LogP contribution in [0.1, 0.15) is 43.7 Å². The number of methoxy groups -OCH3 is 1. The highest BCUT2D eigenvalue weighted by Crippen LogP contribution is 2.43. The monoisotopic (exact) mass is 521 g/mol. The number of likely N-dealkylation sites (tertiary alicyclic amines) is 1. The van der Waals surface area contributed by atoms with Gasteiger partial charge in [-0.05, 0) is 37.8 Å². The minimum atomic E-state index is -1.02. The lowest BCUT2D eigenvalue weighted by Crippen LogP contribution is -2.39. The van der Waals surface area contributed by atoms with Gasteiger partial charge in [0.2, 0.25) is 0 Å². The Morgan fingerprint density at radius 1 is 1.00 bits per heavy atom. The minimum Gasteiger partial charge on any atom is -0.466 e. The molecular formula is C28H31N3O7. The van der Waals surface area contributed by atoms with E-state index >= 15 is 0 Å². The fraction of sp³-hybridized carbons (Fsp3) is 0.357. The van der Waals surface area contributed by atoms with E-state index in [1.165, 1.54) is 37.8 Å². The zero-order valence-corrected chi connectivity index (χ0v) is 21.6. The van der Waals surface area contributed by atoms with Crippen LogP contribution in [0.4, 0.5) is 5.69 Å². The summed E-state index contributed by atoms with van der Waals surface area (Å²) in [7, 11) is 1.20. The van der Waals surface area contributed by atoms with Crippen molar-refractivity contribution in [3.63, 3.8) is 0 Å². The number of nitro groups is 1. The number of carbonyl (C=O) groups is 2. The Hall–Kier alpha value is -4.02. The normalized spacial score (nSPS) is 18.9. The Morgan fingerprint density at radius 2 is 1.63 bits per heavy atom. The average molecular weight is 522 g/mol. The molecule has 2 aliphatic rings. The number of piperidine rings is 1. The summed E-state index contributed by atoms with van der Waals surface area (Å²) < 4.78 is 10.9. The van der Waals surface area contributed by atoms with Gasteiger partial charge in [-0.15, -0.1) is 0 Å². The fourth-order valence-corrected chi connectivity index (χ4v) is 5.08. The van der Waals surface area contributed by atoms with Gasteiger partial charge in [-0.3, -0.25) is 20.2 Å². The summed E-state index contributed by atoms with van der Waals surface area (Å²) in [6.07, 6.45) is 0.920. The van der Waals surface area contributed by atoms with Crippen LogP contribution in [0, 0.1) is 10.1 Å². The third-order valence-electron chi connectivity index (χ3n) is 7.09. The Bertz CT molecular complexity index is 1280. The SMILES string of the molecule is COC(=O)C1=C(C)N(O)C(C)=C(C(=O)OC2CCN(Cc3ccccc3)CC2)C1c1cccc([N+](=O)[O-])c1. The van der Waals surface area contributed by atoms with Crippen molar-refractivity contribution >= 4 is 17.6 Å². The van der Waals surface area contributed by atoms with Gasteiger partial charge in [-0.2, -0.15) is 0 Å². The second kappa shape index (κ2) is 11.6. The van der Waals surface area contributed by atoms with E-state index < -0.39 is 22.8 Å². The molecule has 0 bridgehead atoms. The summed E-state index contributed by atoms with van der Waals surface area (Å²) in [5, 5.41) is 23.0. The number of hydrogen-bond acceptors (Lipinski definition) is 9. The molecule has 0 radical (unpaired) electrons. The average Bonchev–Trinajstić information content (AvgIpc) is 2.92. The molecule has 1 fully saturated rings. The number of carbonyl (C=O) groups excluding carboxylic acids is 2. The van der Waals surface area contributed by atoms with Crippen molar-refractivity contribution in [3.05, 3.63) is 98.4 Å². The van der Waals surface area contributed by atoms with E-state index in [2.05, 4.69) is 17.0 Å². The molecule has 0 aromatic heterocycles. The van der Waals surface area contributed by atoms with Gasteiger partial charge in [0.05, 0.1) is 40.5 Å². The van der Waals surface area contributed by atoms with E-state index in [0.717, 1.165) is 24.7 Å². The number of hydroxylamine groups is 2.